The van der Waals surface area contributed by atoms with Gasteiger partial charge in [0, 0.05) is 11.4 Å². The van der Waals surface area contributed by atoms with Crippen LogP contribution in [0, 0.1) is 0 Å². The Labute approximate surface area is 194 Å². The Morgan fingerprint density at radius 1 is 1.19 bits per heavy atom. The van der Waals surface area contributed by atoms with Crippen molar-refractivity contribution in [2.45, 2.75) is 57.0 Å². The predicted octanol–water partition coefficient (Wildman–Crippen LogP) is 4.83. The van der Waals surface area contributed by atoms with Crippen molar-refractivity contribution in [1.82, 2.24) is 24.7 Å². The highest BCUT2D eigenvalue weighted by Crippen LogP contribution is 2.34. The van der Waals surface area contributed by atoms with Gasteiger partial charge in [0.2, 0.25) is 0 Å². The van der Waals surface area contributed by atoms with Crippen LogP contribution in [0.15, 0.2) is 34.2 Å². The molecule has 32 heavy (non-hydrogen) atoms. The first-order valence-electron chi connectivity index (χ1n) is 11.0. The minimum Gasteiger partial charge on any atom is -0.493 e. The SMILES string of the molecule is CCOc1ccccc1-c1nnc(SCc2nc3sc4c(c3c(=O)[nH]2)CCCC4)n1CC. The first-order valence-corrected chi connectivity index (χ1v) is 12.8. The highest BCUT2D eigenvalue weighted by Gasteiger charge is 2.21. The van der Waals surface area contributed by atoms with Gasteiger partial charge in [0.1, 0.15) is 16.4 Å². The number of hydrogen-bond donors (Lipinski definition) is 1. The molecule has 5 rings (SSSR count). The lowest BCUT2D eigenvalue weighted by Crippen LogP contribution is -2.12. The Morgan fingerprint density at radius 2 is 2.03 bits per heavy atom. The number of rotatable bonds is 7. The molecule has 0 saturated carbocycles. The third-order valence-corrected chi connectivity index (χ3v) is 7.84. The van der Waals surface area contributed by atoms with Gasteiger partial charge in [-0.3, -0.25) is 4.79 Å². The molecule has 0 saturated heterocycles. The number of benzene rings is 1. The van der Waals surface area contributed by atoms with Crippen LogP contribution in [0.2, 0.25) is 0 Å². The Balaban J connectivity index is 1.42. The van der Waals surface area contributed by atoms with Crippen LogP contribution in [0.4, 0.5) is 0 Å². The van der Waals surface area contributed by atoms with Gasteiger partial charge in [0.25, 0.3) is 5.56 Å². The molecule has 0 spiro atoms. The van der Waals surface area contributed by atoms with Crippen LogP contribution in [0.1, 0.15) is 43.0 Å². The minimum absolute atomic E-state index is 0.0201. The van der Waals surface area contributed by atoms with Crippen LogP contribution in [-0.2, 0) is 25.1 Å². The van der Waals surface area contributed by atoms with E-state index in [0.29, 0.717) is 18.2 Å². The topological polar surface area (TPSA) is 85.7 Å². The second kappa shape index (κ2) is 9.07. The fourth-order valence-corrected chi connectivity index (χ4v) is 6.38. The fourth-order valence-electron chi connectivity index (χ4n) is 4.22. The van der Waals surface area contributed by atoms with Gasteiger partial charge in [-0.25, -0.2) is 4.98 Å². The van der Waals surface area contributed by atoms with Crippen LogP contribution in [0.25, 0.3) is 21.6 Å². The number of aromatic nitrogens is 5. The summed E-state index contributed by atoms with van der Waals surface area (Å²) < 4.78 is 7.85. The molecule has 4 aromatic rings. The summed E-state index contributed by atoms with van der Waals surface area (Å²) in [6.07, 6.45) is 4.39. The molecule has 0 fully saturated rings. The maximum absolute atomic E-state index is 12.8. The van der Waals surface area contributed by atoms with E-state index < -0.39 is 0 Å². The van der Waals surface area contributed by atoms with Gasteiger partial charge in [-0.1, -0.05) is 23.9 Å². The molecule has 0 unspecified atom stereocenters. The maximum atomic E-state index is 12.8. The molecule has 1 aliphatic rings. The molecule has 9 heteroatoms. The lowest BCUT2D eigenvalue weighted by Gasteiger charge is -2.11. The zero-order chi connectivity index (χ0) is 22.1. The Morgan fingerprint density at radius 3 is 2.88 bits per heavy atom. The van der Waals surface area contributed by atoms with Gasteiger partial charge in [-0.05, 0) is 57.2 Å². The quantitative estimate of drug-likeness (QED) is 0.392. The zero-order valence-electron chi connectivity index (χ0n) is 18.2. The standard InChI is InChI=1S/C23H25N5O2S2/c1-3-28-20(14-9-5-7-11-16(14)30-4-2)26-27-23(28)31-13-18-24-21(29)19-15-10-6-8-12-17(15)32-22(19)25-18/h5,7,9,11H,3-4,6,8,10,12-13H2,1-2H3,(H,24,25,29). The van der Waals surface area contributed by atoms with E-state index in [0.717, 1.165) is 58.3 Å². The molecule has 0 atom stereocenters. The summed E-state index contributed by atoms with van der Waals surface area (Å²) in [5, 5.41) is 10.5. The monoisotopic (exact) mass is 467 g/mol. The second-order valence-electron chi connectivity index (χ2n) is 7.67. The molecule has 166 valence electrons. The highest BCUT2D eigenvalue weighted by atomic mass is 32.2. The molecule has 1 aromatic carbocycles. The molecular formula is C23H25N5O2S2. The summed E-state index contributed by atoms with van der Waals surface area (Å²) in [5.41, 5.74) is 2.12. The first kappa shape index (κ1) is 21.2. The number of H-pyrrole nitrogens is 1. The number of thioether (sulfide) groups is 1. The number of ether oxygens (including phenoxy) is 1. The molecule has 3 aromatic heterocycles. The summed E-state index contributed by atoms with van der Waals surface area (Å²) in [7, 11) is 0. The molecule has 7 nitrogen and oxygen atoms in total. The van der Waals surface area contributed by atoms with Gasteiger partial charge < -0.3 is 14.3 Å². The number of nitrogens with zero attached hydrogens (tertiary/aromatic N) is 4. The molecular weight excluding hydrogens is 442 g/mol. The van der Waals surface area contributed by atoms with Crippen molar-refractivity contribution < 1.29 is 4.74 Å². The van der Waals surface area contributed by atoms with E-state index in [-0.39, 0.29) is 5.56 Å². The van der Waals surface area contributed by atoms with E-state index in [1.165, 1.54) is 28.6 Å². The average molecular weight is 468 g/mol. The summed E-state index contributed by atoms with van der Waals surface area (Å²) in [6.45, 7) is 5.36. The molecule has 0 amide bonds. The number of aromatic amines is 1. The highest BCUT2D eigenvalue weighted by molar-refractivity contribution is 7.98. The van der Waals surface area contributed by atoms with Crippen LogP contribution >= 0.6 is 23.1 Å². The van der Waals surface area contributed by atoms with Gasteiger partial charge in [0.15, 0.2) is 11.0 Å². The van der Waals surface area contributed by atoms with Crippen molar-refractivity contribution >= 4 is 33.3 Å². The van der Waals surface area contributed by atoms with E-state index in [9.17, 15) is 4.79 Å². The Kier molecular flexibility index (Phi) is 6.01. The van der Waals surface area contributed by atoms with E-state index >= 15 is 0 Å². The van der Waals surface area contributed by atoms with E-state index in [1.807, 2.05) is 31.2 Å². The summed E-state index contributed by atoms with van der Waals surface area (Å²) in [4.78, 5) is 22.8. The van der Waals surface area contributed by atoms with Gasteiger partial charge in [-0.2, -0.15) is 0 Å². The smallest absolute Gasteiger partial charge is 0.259 e. The summed E-state index contributed by atoms with van der Waals surface area (Å²) in [5.74, 6) is 2.78. The van der Waals surface area contributed by atoms with E-state index in [4.69, 9.17) is 9.72 Å². The van der Waals surface area contributed by atoms with Crippen LogP contribution in [0.5, 0.6) is 5.75 Å². The number of nitrogens with one attached hydrogen (secondary N) is 1. The number of thiophene rings is 1. The molecule has 1 N–H and O–H groups in total. The van der Waals surface area contributed by atoms with Crippen molar-refractivity contribution in [3.63, 3.8) is 0 Å². The van der Waals surface area contributed by atoms with Crippen molar-refractivity contribution in [2.24, 2.45) is 0 Å². The van der Waals surface area contributed by atoms with Gasteiger partial charge in [0.05, 0.1) is 23.3 Å². The van der Waals surface area contributed by atoms with Crippen molar-refractivity contribution in [2.75, 3.05) is 6.61 Å². The number of aryl methyl sites for hydroxylation is 2. The van der Waals surface area contributed by atoms with E-state index in [2.05, 4.69) is 26.7 Å². The lowest BCUT2D eigenvalue weighted by molar-refractivity contribution is 0.341. The third kappa shape index (κ3) is 3.84. The largest absolute Gasteiger partial charge is 0.493 e. The average Bonchev–Trinajstić information content (AvgIpc) is 3.39. The van der Waals surface area contributed by atoms with Gasteiger partial charge >= 0.3 is 0 Å². The molecule has 1 aliphatic carbocycles. The first-order chi connectivity index (χ1) is 15.7. The van der Waals surface area contributed by atoms with Crippen LogP contribution in [-0.4, -0.2) is 31.3 Å². The molecule has 0 bridgehead atoms. The van der Waals surface area contributed by atoms with Crippen LogP contribution < -0.4 is 10.3 Å². The van der Waals surface area contributed by atoms with Crippen molar-refractivity contribution in [3.05, 3.63) is 50.9 Å². The summed E-state index contributed by atoms with van der Waals surface area (Å²) >= 11 is 3.21. The zero-order valence-corrected chi connectivity index (χ0v) is 19.8. The fraction of sp³-hybridized carbons (Fsp3) is 0.391. The van der Waals surface area contributed by atoms with E-state index in [1.54, 1.807) is 11.3 Å². The lowest BCUT2D eigenvalue weighted by atomic mass is 9.97. The Bertz CT molecular complexity index is 1320. The second-order valence-corrected chi connectivity index (χ2v) is 9.70. The predicted molar refractivity (Wildman–Crippen MR) is 129 cm³/mol. The third-order valence-electron chi connectivity index (χ3n) is 5.67. The normalized spacial score (nSPS) is 13.4. The maximum Gasteiger partial charge on any atom is 0.259 e. The van der Waals surface area contributed by atoms with Crippen molar-refractivity contribution in [3.8, 4) is 17.1 Å². The molecule has 0 radical (unpaired) electrons. The minimum atomic E-state index is -0.0201. The van der Waals surface area contributed by atoms with Gasteiger partial charge in [-0.15, -0.1) is 21.5 Å². The molecule has 3 heterocycles. The number of para-hydroxylation sites is 1. The molecule has 0 aliphatic heterocycles. The Hall–Kier alpha value is -2.65. The number of hydrogen-bond acceptors (Lipinski definition) is 7. The van der Waals surface area contributed by atoms with Crippen molar-refractivity contribution in [1.29, 1.82) is 0 Å². The van der Waals surface area contributed by atoms with Crippen LogP contribution in [0.3, 0.4) is 0 Å². The summed E-state index contributed by atoms with van der Waals surface area (Å²) in [6, 6.07) is 7.88. The number of fused-ring (bicyclic) bond motifs is 3.